The molecule has 0 bridgehead atoms. The van der Waals surface area contributed by atoms with Crippen LogP contribution in [-0.2, 0) is 10.0 Å². The first-order chi connectivity index (χ1) is 18.3. The van der Waals surface area contributed by atoms with E-state index in [1.165, 1.54) is 18.2 Å². The highest BCUT2D eigenvalue weighted by Gasteiger charge is 2.23. The average Bonchev–Trinajstić information content (AvgIpc) is 2.90. The van der Waals surface area contributed by atoms with E-state index in [1.807, 2.05) is 54.6 Å². The Morgan fingerprint density at radius 3 is 2.21 bits per heavy atom. The molecular formula is C29H20Cl2N2O4S. The number of hydrogen-bond donors (Lipinski definition) is 2. The average molecular weight is 563 g/mol. The largest absolute Gasteiger partial charge is 0.457 e. The van der Waals surface area contributed by atoms with Crippen LogP contribution >= 0.6 is 23.2 Å². The van der Waals surface area contributed by atoms with Gasteiger partial charge in [-0.25, -0.2) is 8.42 Å². The van der Waals surface area contributed by atoms with Crippen molar-refractivity contribution in [3.05, 3.63) is 125 Å². The summed E-state index contributed by atoms with van der Waals surface area (Å²) in [6, 6.07) is 30.9. The summed E-state index contributed by atoms with van der Waals surface area (Å²) in [6.45, 7) is 0. The third-order valence-corrected chi connectivity index (χ3v) is 7.50. The lowest BCUT2D eigenvalue weighted by molar-refractivity contribution is 0.102. The number of benzene rings is 5. The SMILES string of the molecule is O=C(Nc1cccc(Oc2ccccc2)c1)c1cc(Cl)cc(Cl)c1NS(=O)(=O)c1ccc2ccccc2c1. The van der Waals surface area contributed by atoms with Gasteiger partial charge in [-0.2, -0.15) is 0 Å². The van der Waals surface area contributed by atoms with Gasteiger partial charge in [0.2, 0.25) is 0 Å². The van der Waals surface area contributed by atoms with E-state index in [0.29, 0.717) is 17.2 Å². The molecule has 0 fully saturated rings. The summed E-state index contributed by atoms with van der Waals surface area (Å²) in [5.74, 6) is 0.542. The molecule has 0 spiro atoms. The zero-order valence-electron chi connectivity index (χ0n) is 19.7. The first kappa shape index (κ1) is 25.6. The third-order valence-electron chi connectivity index (χ3n) is 5.64. The topological polar surface area (TPSA) is 84.5 Å². The maximum absolute atomic E-state index is 13.3. The van der Waals surface area contributed by atoms with Gasteiger partial charge in [-0.15, -0.1) is 0 Å². The summed E-state index contributed by atoms with van der Waals surface area (Å²) in [7, 11) is -4.09. The highest BCUT2D eigenvalue weighted by Crippen LogP contribution is 2.33. The number of para-hydroxylation sites is 1. The van der Waals surface area contributed by atoms with Crippen molar-refractivity contribution in [3.8, 4) is 11.5 Å². The molecule has 0 aromatic heterocycles. The summed E-state index contributed by atoms with van der Waals surface area (Å²) in [6.07, 6.45) is 0. The summed E-state index contributed by atoms with van der Waals surface area (Å²) in [4.78, 5) is 13.3. The molecule has 2 N–H and O–H groups in total. The summed E-state index contributed by atoms with van der Waals surface area (Å²) in [5, 5.41) is 4.57. The molecule has 0 radical (unpaired) electrons. The Bertz CT molecular complexity index is 1760. The second-order valence-electron chi connectivity index (χ2n) is 8.32. The molecule has 0 unspecified atom stereocenters. The fourth-order valence-corrected chi connectivity index (χ4v) is 5.58. The van der Waals surface area contributed by atoms with Crippen LogP contribution in [0.3, 0.4) is 0 Å². The van der Waals surface area contributed by atoms with Crippen LogP contribution in [0.25, 0.3) is 10.8 Å². The molecule has 1 amide bonds. The number of fused-ring (bicyclic) bond motifs is 1. The van der Waals surface area contributed by atoms with Gasteiger partial charge in [0, 0.05) is 16.8 Å². The number of amides is 1. The van der Waals surface area contributed by atoms with E-state index < -0.39 is 15.9 Å². The van der Waals surface area contributed by atoms with Gasteiger partial charge in [0.15, 0.2) is 0 Å². The molecule has 38 heavy (non-hydrogen) atoms. The predicted molar refractivity (Wildman–Crippen MR) is 152 cm³/mol. The van der Waals surface area contributed by atoms with Crippen molar-refractivity contribution in [1.82, 2.24) is 0 Å². The van der Waals surface area contributed by atoms with Gasteiger partial charge in [-0.3, -0.25) is 9.52 Å². The number of sulfonamides is 1. The van der Waals surface area contributed by atoms with Gasteiger partial charge in [0.25, 0.3) is 15.9 Å². The first-order valence-electron chi connectivity index (χ1n) is 11.4. The third kappa shape index (κ3) is 5.75. The summed E-state index contributed by atoms with van der Waals surface area (Å²) in [5.41, 5.74) is 0.308. The molecule has 0 aliphatic carbocycles. The van der Waals surface area contributed by atoms with Crippen LogP contribution in [0.5, 0.6) is 11.5 Å². The molecule has 0 aliphatic heterocycles. The highest BCUT2D eigenvalue weighted by atomic mass is 35.5. The minimum absolute atomic E-state index is 0.0202. The van der Waals surface area contributed by atoms with Crippen LogP contribution in [0.2, 0.25) is 10.0 Å². The fraction of sp³-hybridized carbons (Fsp3) is 0. The number of rotatable bonds is 7. The van der Waals surface area contributed by atoms with Crippen molar-refractivity contribution in [1.29, 1.82) is 0 Å². The molecule has 0 heterocycles. The molecule has 190 valence electrons. The van der Waals surface area contributed by atoms with Crippen LogP contribution < -0.4 is 14.8 Å². The second kappa shape index (κ2) is 10.8. The van der Waals surface area contributed by atoms with E-state index in [2.05, 4.69) is 10.0 Å². The Morgan fingerprint density at radius 2 is 1.42 bits per heavy atom. The Balaban J connectivity index is 1.43. The van der Waals surface area contributed by atoms with Gasteiger partial charge in [-0.1, -0.05) is 77.8 Å². The number of anilines is 2. The molecule has 0 atom stereocenters. The summed E-state index contributed by atoms with van der Waals surface area (Å²) < 4.78 is 34.9. The van der Waals surface area contributed by atoms with E-state index in [-0.39, 0.29) is 26.2 Å². The normalized spacial score (nSPS) is 11.2. The van der Waals surface area contributed by atoms with E-state index >= 15 is 0 Å². The zero-order valence-corrected chi connectivity index (χ0v) is 22.0. The van der Waals surface area contributed by atoms with Crippen LogP contribution in [0, 0.1) is 0 Å². The van der Waals surface area contributed by atoms with Crippen LogP contribution in [0.15, 0.2) is 114 Å². The monoisotopic (exact) mass is 562 g/mol. The molecule has 5 aromatic carbocycles. The molecule has 0 aliphatic rings. The number of halogens is 2. The van der Waals surface area contributed by atoms with Crippen molar-refractivity contribution >= 4 is 61.3 Å². The number of ether oxygens (including phenoxy) is 1. The zero-order chi connectivity index (χ0) is 26.7. The van der Waals surface area contributed by atoms with Gasteiger partial charge in [0.1, 0.15) is 11.5 Å². The smallest absolute Gasteiger partial charge is 0.261 e. The lowest BCUT2D eigenvalue weighted by Crippen LogP contribution is -2.19. The second-order valence-corrected chi connectivity index (χ2v) is 10.8. The standard InChI is InChI=1S/C29H20Cl2N2O4S/c30-21-16-26(29(34)32-22-9-6-12-24(18-22)37-23-10-2-1-3-11-23)28(27(31)17-21)33-38(35,36)25-14-13-19-7-4-5-8-20(19)15-25/h1-18,33H,(H,32,34). The fourth-order valence-electron chi connectivity index (χ4n) is 3.84. The van der Waals surface area contributed by atoms with Crippen LogP contribution in [0.1, 0.15) is 10.4 Å². The number of nitrogens with one attached hydrogen (secondary N) is 2. The Labute approximate surface area is 229 Å². The maximum Gasteiger partial charge on any atom is 0.261 e. The van der Waals surface area contributed by atoms with E-state index in [4.69, 9.17) is 27.9 Å². The minimum atomic E-state index is -4.09. The van der Waals surface area contributed by atoms with Gasteiger partial charge < -0.3 is 10.1 Å². The molecular weight excluding hydrogens is 543 g/mol. The van der Waals surface area contributed by atoms with Crippen molar-refractivity contribution in [2.75, 3.05) is 10.0 Å². The molecule has 0 saturated heterocycles. The molecule has 9 heteroatoms. The van der Waals surface area contributed by atoms with Crippen LogP contribution in [0.4, 0.5) is 11.4 Å². The Hall–Kier alpha value is -4.04. The van der Waals surface area contributed by atoms with E-state index in [9.17, 15) is 13.2 Å². The molecule has 6 nitrogen and oxygen atoms in total. The van der Waals surface area contributed by atoms with Gasteiger partial charge >= 0.3 is 0 Å². The van der Waals surface area contributed by atoms with Crippen molar-refractivity contribution in [3.63, 3.8) is 0 Å². The molecule has 5 rings (SSSR count). The van der Waals surface area contributed by atoms with Gasteiger partial charge in [0.05, 0.1) is 21.2 Å². The van der Waals surface area contributed by atoms with E-state index in [0.717, 1.165) is 10.8 Å². The number of carbonyl (C=O) groups is 1. The number of carbonyl (C=O) groups excluding carboxylic acids is 1. The first-order valence-corrected chi connectivity index (χ1v) is 13.7. The Kier molecular flexibility index (Phi) is 7.24. The van der Waals surface area contributed by atoms with Gasteiger partial charge in [-0.05, 0) is 59.3 Å². The highest BCUT2D eigenvalue weighted by molar-refractivity contribution is 7.92. The van der Waals surface area contributed by atoms with Crippen LogP contribution in [-0.4, -0.2) is 14.3 Å². The summed E-state index contributed by atoms with van der Waals surface area (Å²) >= 11 is 12.6. The molecule has 0 saturated carbocycles. The molecule has 5 aromatic rings. The maximum atomic E-state index is 13.3. The van der Waals surface area contributed by atoms with E-state index in [1.54, 1.807) is 36.4 Å². The number of hydrogen-bond acceptors (Lipinski definition) is 4. The quantitative estimate of drug-likeness (QED) is 0.210. The minimum Gasteiger partial charge on any atom is -0.457 e. The van der Waals surface area contributed by atoms with Crippen molar-refractivity contribution < 1.29 is 17.9 Å². The Morgan fingerprint density at radius 1 is 0.711 bits per heavy atom. The lowest BCUT2D eigenvalue weighted by Gasteiger charge is -2.16. The lowest BCUT2D eigenvalue weighted by atomic mass is 10.1. The van der Waals surface area contributed by atoms with Crippen molar-refractivity contribution in [2.45, 2.75) is 4.90 Å². The predicted octanol–water partition coefficient (Wildman–Crippen LogP) is 7.99. The van der Waals surface area contributed by atoms with Crippen molar-refractivity contribution in [2.24, 2.45) is 0 Å².